The normalized spacial score (nSPS) is 15.2. The molecular formula is C15H13F2IO. The summed E-state index contributed by atoms with van der Waals surface area (Å²) in [5, 5.41) is 12.1. The molecule has 2 aromatic carbocycles. The fourth-order valence-electron chi connectivity index (χ4n) is 2.05. The van der Waals surface area contributed by atoms with Crippen LogP contribution in [0.2, 0.25) is 0 Å². The second-order valence-corrected chi connectivity index (χ2v) is 5.77. The van der Waals surface area contributed by atoms with Crippen LogP contribution >= 0.6 is 22.6 Å². The molecule has 4 heteroatoms. The molecule has 0 bridgehead atoms. The first kappa shape index (κ1) is 14.4. The van der Waals surface area contributed by atoms with Gasteiger partial charge in [-0.05, 0) is 22.4 Å². The standard InChI is InChI=1S/C15H13F2IO/c1-2-9-14(19,15(16,17)18)13-8-7-11-5-3-4-6-12(11)10-13/h2-8,10,19H,1,9H2. The van der Waals surface area contributed by atoms with E-state index < -0.39 is 9.53 Å². The van der Waals surface area contributed by atoms with Crippen molar-refractivity contribution in [3.8, 4) is 0 Å². The monoisotopic (exact) mass is 374 g/mol. The molecule has 100 valence electrons. The molecule has 0 spiro atoms. The van der Waals surface area contributed by atoms with Gasteiger partial charge in [-0.25, -0.2) is 0 Å². The van der Waals surface area contributed by atoms with Crippen molar-refractivity contribution >= 4 is 33.4 Å². The molecule has 0 aliphatic rings. The molecule has 1 unspecified atom stereocenters. The minimum absolute atomic E-state index is 0.200. The van der Waals surface area contributed by atoms with Crippen molar-refractivity contribution in [2.24, 2.45) is 0 Å². The second kappa shape index (κ2) is 5.17. The number of hydrogen-bond acceptors (Lipinski definition) is 1. The Labute approximate surface area is 124 Å². The number of alkyl halides is 3. The van der Waals surface area contributed by atoms with Crippen molar-refractivity contribution in [1.29, 1.82) is 0 Å². The summed E-state index contributed by atoms with van der Waals surface area (Å²) in [6.07, 6.45) is 1.10. The van der Waals surface area contributed by atoms with Gasteiger partial charge in [0, 0.05) is 29.0 Å². The maximum atomic E-state index is 13.7. The van der Waals surface area contributed by atoms with E-state index in [9.17, 15) is 13.9 Å². The van der Waals surface area contributed by atoms with Gasteiger partial charge in [-0.15, -0.1) is 6.58 Å². The first-order valence-electron chi connectivity index (χ1n) is 5.78. The number of rotatable bonds is 4. The fraction of sp³-hybridized carbons (Fsp3) is 0.200. The third-order valence-corrected chi connectivity index (χ3v) is 4.03. The van der Waals surface area contributed by atoms with Crippen LogP contribution in [0.4, 0.5) is 8.78 Å². The Kier molecular flexibility index (Phi) is 3.92. The second-order valence-electron chi connectivity index (χ2n) is 4.41. The largest absolute Gasteiger partial charge is 0.378 e. The van der Waals surface area contributed by atoms with Gasteiger partial charge < -0.3 is 5.11 Å². The van der Waals surface area contributed by atoms with Gasteiger partial charge in [-0.3, -0.25) is 0 Å². The van der Waals surface area contributed by atoms with Crippen LogP contribution in [0.15, 0.2) is 55.1 Å². The summed E-state index contributed by atoms with van der Waals surface area (Å²) in [5.74, 6) is 0. The first-order chi connectivity index (χ1) is 8.88. The van der Waals surface area contributed by atoms with E-state index in [1.165, 1.54) is 6.08 Å². The van der Waals surface area contributed by atoms with Gasteiger partial charge in [-0.2, -0.15) is 8.78 Å². The third-order valence-electron chi connectivity index (χ3n) is 3.14. The van der Waals surface area contributed by atoms with E-state index in [2.05, 4.69) is 6.58 Å². The molecule has 19 heavy (non-hydrogen) atoms. The quantitative estimate of drug-likeness (QED) is 0.470. The fourth-order valence-corrected chi connectivity index (χ4v) is 2.58. The summed E-state index contributed by atoms with van der Waals surface area (Å²) in [6, 6.07) is 12.3. The van der Waals surface area contributed by atoms with E-state index in [0.717, 1.165) is 33.4 Å². The highest BCUT2D eigenvalue weighted by molar-refractivity contribution is 14.1. The van der Waals surface area contributed by atoms with Crippen molar-refractivity contribution in [3.63, 3.8) is 0 Å². The Balaban J connectivity index is 2.60. The molecule has 0 aliphatic heterocycles. The molecule has 0 radical (unpaired) electrons. The Morgan fingerprint density at radius 3 is 2.37 bits per heavy atom. The average molecular weight is 374 g/mol. The van der Waals surface area contributed by atoms with E-state index in [1.54, 1.807) is 18.2 Å². The molecule has 0 saturated carbocycles. The van der Waals surface area contributed by atoms with Gasteiger partial charge in [0.05, 0.1) is 0 Å². The van der Waals surface area contributed by atoms with Gasteiger partial charge >= 0.3 is 3.93 Å². The highest BCUT2D eigenvalue weighted by Crippen LogP contribution is 2.45. The Bertz CT molecular complexity index is 606. The predicted molar refractivity (Wildman–Crippen MR) is 81.6 cm³/mol. The number of fused-ring (bicyclic) bond motifs is 1. The van der Waals surface area contributed by atoms with Crippen LogP contribution in [0.1, 0.15) is 12.0 Å². The Morgan fingerprint density at radius 2 is 1.79 bits per heavy atom. The van der Waals surface area contributed by atoms with Crippen molar-refractivity contribution in [2.75, 3.05) is 0 Å². The predicted octanol–water partition coefficient (Wildman–Crippen LogP) is 4.63. The lowest BCUT2D eigenvalue weighted by atomic mass is 9.89. The molecule has 2 aromatic rings. The van der Waals surface area contributed by atoms with Gasteiger partial charge in [-0.1, -0.05) is 42.5 Å². The van der Waals surface area contributed by atoms with Crippen LogP contribution in [-0.2, 0) is 5.60 Å². The summed E-state index contributed by atoms with van der Waals surface area (Å²) in [5.41, 5.74) is -2.04. The minimum Gasteiger partial charge on any atom is -0.378 e. The number of hydrogen-bond donors (Lipinski definition) is 1. The van der Waals surface area contributed by atoms with Gasteiger partial charge in [0.1, 0.15) is 0 Å². The molecule has 0 fully saturated rings. The zero-order valence-corrected chi connectivity index (χ0v) is 12.3. The van der Waals surface area contributed by atoms with Crippen LogP contribution in [0, 0.1) is 0 Å². The van der Waals surface area contributed by atoms with Gasteiger partial charge in [0.2, 0.25) is 0 Å². The number of aliphatic hydroxyl groups is 1. The van der Waals surface area contributed by atoms with Crippen LogP contribution in [0.25, 0.3) is 10.8 Å². The van der Waals surface area contributed by atoms with Crippen LogP contribution in [-0.4, -0.2) is 9.04 Å². The van der Waals surface area contributed by atoms with Gasteiger partial charge in [0.25, 0.3) is 0 Å². The topological polar surface area (TPSA) is 20.2 Å². The molecule has 0 saturated heterocycles. The van der Waals surface area contributed by atoms with Crippen LogP contribution in [0.3, 0.4) is 0 Å². The van der Waals surface area contributed by atoms with Gasteiger partial charge in [0.15, 0.2) is 5.60 Å². The minimum atomic E-state index is -3.28. The zero-order chi connectivity index (χ0) is 14.1. The van der Waals surface area contributed by atoms with Crippen molar-refractivity contribution in [1.82, 2.24) is 0 Å². The average Bonchev–Trinajstić information content (AvgIpc) is 2.37. The van der Waals surface area contributed by atoms with E-state index in [0.29, 0.717) is 0 Å². The molecule has 0 aromatic heterocycles. The Hall–Kier alpha value is -1.01. The summed E-state index contributed by atoms with van der Waals surface area (Å²) in [4.78, 5) is 0. The molecule has 0 aliphatic carbocycles. The highest BCUT2D eigenvalue weighted by atomic mass is 127. The first-order valence-corrected chi connectivity index (χ1v) is 6.85. The molecule has 2 rings (SSSR count). The molecule has 1 N–H and O–H groups in total. The van der Waals surface area contributed by atoms with Crippen LogP contribution < -0.4 is 0 Å². The van der Waals surface area contributed by atoms with Crippen molar-refractivity contribution in [2.45, 2.75) is 16.0 Å². The summed E-state index contributed by atoms with van der Waals surface area (Å²) in [6.45, 7) is 3.45. The summed E-state index contributed by atoms with van der Waals surface area (Å²) < 4.78 is 24.2. The summed E-state index contributed by atoms with van der Waals surface area (Å²) in [7, 11) is 0. The maximum absolute atomic E-state index is 13.7. The third kappa shape index (κ3) is 2.65. The van der Waals surface area contributed by atoms with E-state index in [4.69, 9.17) is 0 Å². The molecule has 1 atom stereocenters. The van der Waals surface area contributed by atoms with Crippen LogP contribution in [0.5, 0.6) is 0 Å². The highest BCUT2D eigenvalue weighted by Gasteiger charge is 2.50. The van der Waals surface area contributed by atoms with Crippen molar-refractivity contribution < 1.29 is 13.9 Å². The van der Waals surface area contributed by atoms with Crippen molar-refractivity contribution in [3.05, 3.63) is 60.7 Å². The lowest BCUT2D eigenvalue weighted by molar-refractivity contribution is -0.112. The molecule has 0 amide bonds. The molecule has 1 nitrogen and oxygen atoms in total. The smallest absolute Gasteiger partial charge is 0.328 e. The summed E-state index contributed by atoms with van der Waals surface area (Å²) >= 11 is 0.975. The SMILES string of the molecule is C=CCC(O)(c1ccc2ccccc2c1)C(F)(F)I. The number of benzene rings is 2. The molecular weight excluding hydrogens is 361 g/mol. The lowest BCUT2D eigenvalue weighted by Gasteiger charge is -2.32. The lowest BCUT2D eigenvalue weighted by Crippen LogP contribution is -2.40. The zero-order valence-electron chi connectivity index (χ0n) is 10.1. The number of halogens is 3. The molecule has 0 heterocycles. The van der Waals surface area contributed by atoms with E-state index in [1.807, 2.05) is 24.3 Å². The van der Waals surface area contributed by atoms with E-state index >= 15 is 0 Å². The maximum Gasteiger partial charge on any atom is 0.328 e. The Morgan fingerprint density at radius 1 is 1.16 bits per heavy atom. The van der Waals surface area contributed by atoms with E-state index in [-0.39, 0.29) is 12.0 Å².